The van der Waals surface area contributed by atoms with Gasteiger partial charge in [0.2, 0.25) is 0 Å². The minimum absolute atomic E-state index is 0.365. The molecule has 2 rings (SSSR count). The molecule has 102 valence electrons. The van der Waals surface area contributed by atoms with Gasteiger partial charge in [-0.3, -0.25) is 0 Å². The maximum Gasteiger partial charge on any atom is 0.185 e. The molecule has 0 spiro atoms. The van der Waals surface area contributed by atoms with Gasteiger partial charge in [0.1, 0.15) is 0 Å². The van der Waals surface area contributed by atoms with Gasteiger partial charge in [0.05, 0.1) is 0 Å². The second kappa shape index (κ2) is 5.55. The van der Waals surface area contributed by atoms with Crippen LogP contribution in [0.5, 0.6) is 0 Å². The summed E-state index contributed by atoms with van der Waals surface area (Å²) in [7, 11) is 8.52. The number of likely N-dealkylation sites (N-methyl/N-ethyl adjacent to an activating group) is 2. The molecule has 1 N–H and O–H groups in total. The number of hydrogen-bond acceptors (Lipinski definition) is 5. The number of rotatable bonds is 6. The van der Waals surface area contributed by atoms with E-state index >= 15 is 0 Å². The van der Waals surface area contributed by atoms with Gasteiger partial charge in [0.25, 0.3) is 0 Å². The van der Waals surface area contributed by atoms with E-state index in [0.717, 1.165) is 18.2 Å². The molecule has 0 saturated heterocycles. The minimum Gasteiger partial charge on any atom is -0.349 e. The molecule has 0 amide bonds. The standard InChI is InChI=1S/C13H24N4S/c1-14-8-11-9-15-12(18-11)17(4)10-13(16(2)3)6-5-7-13/h9,14H,5-8,10H2,1-4H3. The molecule has 1 aromatic heterocycles. The van der Waals surface area contributed by atoms with Crippen molar-refractivity contribution in [1.82, 2.24) is 15.2 Å². The quantitative estimate of drug-likeness (QED) is 0.852. The highest BCUT2D eigenvalue weighted by molar-refractivity contribution is 7.15. The summed E-state index contributed by atoms with van der Waals surface area (Å²) in [5.41, 5.74) is 0.365. The van der Waals surface area contributed by atoms with Crippen molar-refractivity contribution < 1.29 is 0 Å². The first-order valence-electron chi connectivity index (χ1n) is 6.55. The molecule has 0 aromatic carbocycles. The lowest BCUT2D eigenvalue weighted by molar-refractivity contribution is 0.0683. The summed E-state index contributed by atoms with van der Waals surface area (Å²) in [4.78, 5) is 10.5. The van der Waals surface area contributed by atoms with Crippen molar-refractivity contribution in [2.24, 2.45) is 0 Å². The zero-order chi connectivity index (χ0) is 13.2. The molecule has 1 aliphatic carbocycles. The summed E-state index contributed by atoms with van der Waals surface area (Å²) in [6, 6.07) is 0. The summed E-state index contributed by atoms with van der Waals surface area (Å²) in [5, 5.41) is 4.30. The molecule has 5 heteroatoms. The van der Waals surface area contributed by atoms with Gasteiger partial charge in [-0.2, -0.15) is 0 Å². The lowest BCUT2D eigenvalue weighted by Crippen LogP contribution is -2.56. The van der Waals surface area contributed by atoms with Crippen LogP contribution in [0.25, 0.3) is 0 Å². The lowest BCUT2D eigenvalue weighted by atomic mass is 9.75. The van der Waals surface area contributed by atoms with Crippen LogP contribution < -0.4 is 10.2 Å². The van der Waals surface area contributed by atoms with Crippen molar-refractivity contribution >= 4 is 16.5 Å². The molecule has 1 heterocycles. The molecule has 0 aliphatic heterocycles. The zero-order valence-electron chi connectivity index (χ0n) is 11.9. The van der Waals surface area contributed by atoms with Gasteiger partial charge in [0, 0.05) is 36.8 Å². The second-order valence-electron chi connectivity index (χ2n) is 5.47. The van der Waals surface area contributed by atoms with E-state index in [-0.39, 0.29) is 0 Å². The van der Waals surface area contributed by atoms with Gasteiger partial charge in [-0.15, -0.1) is 11.3 Å². The third-order valence-electron chi connectivity index (χ3n) is 3.98. The zero-order valence-corrected chi connectivity index (χ0v) is 12.7. The molecular formula is C13H24N4S. The summed E-state index contributed by atoms with van der Waals surface area (Å²) < 4.78 is 0. The fourth-order valence-corrected chi connectivity index (χ4v) is 3.45. The van der Waals surface area contributed by atoms with E-state index in [1.165, 1.54) is 24.1 Å². The minimum atomic E-state index is 0.365. The van der Waals surface area contributed by atoms with Gasteiger partial charge in [0.15, 0.2) is 5.13 Å². The van der Waals surface area contributed by atoms with E-state index in [2.05, 4.69) is 41.2 Å². The van der Waals surface area contributed by atoms with Crippen LogP contribution in [0.2, 0.25) is 0 Å². The highest BCUT2D eigenvalue weighted by Crippen LogP contribution is 2.37. The predicted molar refractivity (Wildman–Crippen MR) is 78.4 cm³/mol. The Labute approximate surface area is 114 Å². The maximum absolute atomic E-state index is 4.52. The SMILES string of the molecule is CNCc1cnc(N(C)CC2(N(C)C)CCC2)s1. The Hall–Kier alpha value is -0.650. The molecular weight excluding hydrogens is 244 g/mol. The molecule has 1 saturated carbocycles. The first kappa shape index (κ1) is 13.8. The Morgan fingerprint density at radius 1 is 1.39 bits per heavy atom. The fraction of sp³-hybridized carbons (Fsp3) is 0.769. The molecule has 0 radical (unpaired) electrons. The molecule has 1 aliphatic rings. The van der Waals surface area contributed by atoms with Crippen LogP contribution in [0.3, 0.4) is 0 Å². The van der Waals surface area contributed by atoms with Crippen LogP contribution in [0.15, 0.2) is 6.20 Å². The summed E-state index contributed by atoms with van der Waals surface area (Å²) >= 11 is 1.79. The van der Waals surface area contributed by atoms with Gasteiger partial charge in [-0.25, -0.2) is 4.98 Å². The number of thiazole rings is 1. The average molecular weight is 268 g/mol. The number of aromatic nitrogens is 1. The maximum atomic E-state index is 4.52. The van der Waals surface area contributed by atoms with E-state index in [9.17, 15) is 0 Å². The second-order valence-corrected chi connectivity index (χ2v) is 6.56. The van der Waals surface area contributed by atoms with Crippen molar-refractivity contribution in [2.75, 3.05) is 39.6 Å². The van der Waals surface area contributed by atoms with Gasteiger partial charge < -0.3 is 15.1 Å². The largest absolute Gasteiger partial charge is 0.349 e. The summed E-state index contributed by atoms with van der Waals surface area (Å²) in [5.74, 6) is 0. The van der Waals surface area contributed by atoms with Gasteiger partial charge >= 0.3 is 0 Å². The van der Waals surface area contributed by atoms with Crippen molar-refractivity contribution in [2.45, 2.75) is 31.3 Å². The number of hydrogen-bond donors (Lipinski definition) is 1. The predicted octanol–water partition coefficient (Wildman–Crippen LogP) is 1.78. The highest BCUT2D eigenvalue weighted by Gasteiger charge is 2.40. The summed E-state index contributed by atoms with van der Waals surface area (Å²) in [6.07, 6.45) is 5.95. The lowest BCUT2D eigenvalue weighted by Gasteiger charge is -2.49. The van der Waals surface area contributed by atoms with Crippen LogP contribution in [0.4, 0.5) is 5.13 Å². The van der Waals surface area contributed by atoms with Crippen LogP contribution in [0.1, 0.15) is 24.1 Å². The van der Waals surface area contributed by atoms with Crippen LogP contribution in [0, 0.1) is 0 Å². The molecule has 1 aromatic rings. The van der Waals surface area contributed by atoms with E-state index in [1.54, 1.807) is 11.3 Å². The number of nitrogens with one attached hydrogen (secondary N) is 1. The van der Waals surface area contributed by atoms with E-state index in [4.69, 9.17) is 0 Å². The molecule has 0 atom stereocenters. The Bertz CT molecular complexity index is 384. The highest BCUT2D eigenvalue weighted by atomic mass is 32.1. The van der Waals surface area contributed by atoms with E-state index in [0.29, 0.717) is 5.54 Å². The van der Waals surface area contributed by atoms with Crippen LogP contribution in [-0.4, -0.2) is 50.2 Å². The molecule has 4 nitrogen and oxygen atoms in total. The third kappa shape index (κ3) is 2.68. The van der Waals surface area contributed by atoms with Gasteiger partial charge in [-0.05, 0) is 40.4 Å². The molecule has 1 fully saturated rings. The normalized spacial score (nSPS) is 17.8. The Morgan fingerprint density at radius 2 is 2.11 bits per heavy atom. The topological polar surface area (TPSA) is 31.4 Å². The first-order chi connectivity index (χ1) is 8.57. The number of anilines is 1. The monoisotopic (exact) mass is 268 g/mol. The van der Waals surface area contributed by atoms with E-state index < -0.39 is 0 Å². The third-order valence-corrected chi connectivity index (χ3v) is 5.09. The van der Waals surface area contributed by atoms with E-state index in [1.807, 2.05) is 13.2 Å². The Balaban J connectivity index is 2.00. The van der Waals surface area contributed by atoms with Crippen LogP contribution in [-0.2, 0) is 6.54 Å². The number of nitrogens with zero attached hydrogens (tertiary/aromatic N) is 3. The first-order valence-corrected chi connectivity index (χ1v) is 7.37. The fourth-order valence-electron chi connectivity index (χ4n) is 2.57. The Morgan fingerprint density at radius 3 is 2.61 bits per heavy atom. The average Bonchev–Trinajstić information content (AvgIpc) is 2.71. The van der Waals surface area contributed by atoms with Crippen LogP contribution >= 0.6 is 11.3 Å². The molecule has 0 bridgehead atoms. The van der Waals surface area contributed by atoms with Gasteiger partial charge in [-0.1, -0.05) is 0 Å². The molecule has 0 unspecified atom stereocenters. The Kier molecular flexibility index (Phi) is 4.25. The molecule has 18 heavy (non-hydrogen) atoms. The van der Waals surface area contributed by atoms with Crippen molar-refractivity contribution in [1.29, 1.82) is 0 Å². The summed E-state index contributed by atoms with van der Waals surface area (Å²) in [6.45, 7) is 1.98. The van der Waals surface area contributed by atoms with Crippen molar-refractivity contribution in [3.63, 3.8) is 0 Å². The van der Waals surface area contributed by atoms with Crippen molar-refractivity contribution in [3.05, 3.63) is 11.1 Å². The smallest absolute Gasteiger partial charge is 0.185 e. The van der Waals surface area contributed by atoms with Crippen molar-refractivity contribution in [3.8, 4) is 0 Å².